The standard InChI is InChI=1S/C15H16FNO3/c1-3-11-5-6-12(20-11)9-17-14-7-4-10(16)8-13(14)15(18)19-2/h4-8,17H,3,9H2,1-2H3. The molecule has 0 aliphatic heterocycles. The van der Waals surface area contributed by atoms with Crippen LogP contribution in [0.2, 0.25) is 0 Å². The molecular weight excluding hydrogens is 261 g/mol. The first-order chi connectivity index (χ1) is 9.63. The van der Waals surface area contributed by atoms with E-state index in [0.717, 1.165) is 24.0 Å². The molecule has 0 fully saturated rings. The van der Waals surface area contributed by atoms with Gasteiger partial charge in [0.15, 0.2) is 0 Å². The van der Waals surface area contributed by atoms with Crippen LogP contribution in [0.25, 0.3) is 0 Å². The van der Waals surface area contributed by atoms with Crippen LogP contribution in [0.4, 0.5) is 10.1 Å². The average Bonchev–Trinajstić information content (AvgIpc) is 2.93. The van der Waals surface area contributed by atoms with Gasteiger partial charge in [-0.3, -0.25) is 0 Å². The second-order valence-electron chi connectivity index (χ2n) is 4.26. The van der Waals surface area contributed by atoms with E-state index in [-0.39, 0.29) is 5.56 Å². The van der Waals surface area contributed by atoms with Crippen LogP contribution in [-0.4, -0.2) is 13.1 Å². The van der Waals surface area contributed by atoms with Gasteiger partial charge in [-0.1, -0.05) is 6.92 Å². The highest BCUT2D eigenvalue weighted by molar-refractivity contribution is 5.95. The maximum Gasteiger partial charge on any atom is 0.340 e. The number of anilines is 1. The number of benzene rings is 1. The number of carbonyl (C=O) groups is 1. The highest BCUT2D eigenvalue weighted by atomic mass is 19.1. The van der Waals surface area contributed by atoms with Gasteiger partial charge in [-0.15, -0.1) is 0 Å². The van der Waals surface area contributed by atoms with Crippen molar-refractivity contribution in [2.75, 3.05) is 12.4 Å². The summed E-state index contributed by atoms with van der Waals surface area (Å²) in [5.41, 5.74) is 0.669. The van der Waals surface area contributed by atoms with E-state index >= 15 is 0 Å². The Morgan fingerprint density at radius 2 is 2.05 bits per heavy atom. The topological polar surface area (TPSA) is 51.5 Å². The number of hydrogen-bond donors (Lipinski definition) is 1. The molecule has 0 unspecified atom stereocenters. The van der Waals surface area contributed by atoms with Crippen LogP contribution in [0.1, 0.15) is 28.8 Å². The lowest BCUT2D eigenvalue weighted by Crippen LogP contribution is -2.08. The first-order valence-corrected chi connectivity index (χ1v) is 6.33. The van der Waals surface area contributed by atoms with Crippen molar-refractivity contribution in [1.29, 1.82) is 0 Å². The monoisotopic (exact) mass is 277 g/mol. The van der Waals surface area contributed by atoms with Crippen LogP contribution >= 0.6 is 0 Å². The molecule has 1 aromatic carbocycles. The van der Waals surface area contributed by atoms with E-state index in [0.29, 0.717) is 12.2 Å². The van der Waals surface area contributed by atoms with Crippen LogP contribution in [-0.2, 0) is 17.7 Å². The van der Waals surface area contributed by atoms with E-state index < -0.39 is 11.8 Å². The van der Waals surface area contributed by atoms with Gasteiger partial charge in [-0.2, -0.15) is 0 Å². The number of rotatable bonds is 5. The Balaban J connectivity index is 2.14. The number of esters is 1. The van der Waals surface area contributed by atoms with Crippen LogP contribution in [0, 0.1) is 5.82 Å². The minimum absolute atomic E-state index is 0.162. The Labute approximate surface area is 116 Å². The lowest BCUT2D eigenvalue weighted by molar-refractivity contribution is 0.0601. The van der Waals surface area contributed by atoms with E-state index in [4.69, 9.17) is 4.42 Å². The molecule has 1 N–H and O–H groups in total. The van der Waals surface area contributed by atoms with Gasteiger partial charge in [0.25, 0.3) is 0 Å². The van der Waals surface area contributed by atoms with Gasteiger partial charge in [0.2, 0.25) is 0 Å². The second-order valence-corrected chi connectivity index (χ2v) is 4.26. The van der Waals surface area contributed by atoms with Gasteiger partial charge in [-0.25, -0.2) is 9.18 Å². The van der Waals surface area contributed by atoms with Crippen LogP contribution in [0.5, 0.6) is 0 Å². The van der Waals surface area contributed by atoms with E-state index in [2.05, 4.69) is 10.1 Å². The van der Waals surface area contributed by atoms with Crippen LogP contribution in [0.3, 0.4) is 0 Å². The summed E-state index contributed by atoms with van der Waals surface area (Å²) in [6.07, 6.45) is 0.823. The number of hydrogen-bond acceptors (Lipinski definition) is 4. The maximum absolute atomic E-state index is 13.2. The Kier molecular flexibility index (Phi) is 4.40. The number of ether oxygens (including phenoxy) is 1. The molecule has 0 radical (unpaired) electrons. The number of halogens is 1. The fourth-order valence-corrected chi connectivity index (χ4v) is 1.84. The van der Waals surface area contributed by atoms with Gasteiger partial charge in [0.1, 0.15) is 17.3 Å². The molecule has 0 spiro atoms. The molecule has 0 saturated carbocycles. The van der Waals surface area contributed by atoms with Crippen molar-refractivity contribution in [1.82, 2.24) is 0 Å². The summed E-state index contributed by atoms with van der Waals surface area (Å²) in [6, 6.07) is 7.71. The normalized spacial score (nSPS) is 10.3. The Bertz CT molecular complexity index is 607. The number of aryl methyl sites for hydroxylation is 1. The first-order valence-electron chi connectivity index (χ1n) is 6.33. The van der Waals surface area contributed by atoms with Crippen molar-refractivity contribution in [3.8, 4) is 0 Å². The Hall–Kier alpha value is -2.30. The largest absolute Gasteiger partial charge is 0.465 e. The zero-order valence-corrected chi connectivity index (χ0v) is 11.4. The zero-order chi connectivity index (χ0) is 14.5. The molecule has 106 valence electrons. The van der Waals surface area contributed by atoms with Gasteiger partial charge < -0.3 is 14.5 Å². The van der Waals surface area contributed by atoms with Crippen molar-refractivity contribution < 1.29 is 18.3 Å². The Morgan fingerprint density at radius 1 is 1.30 bits per heavy atom. The van der Waals surface area contributed by atoms with Crippen molar-refractivity contribution in [3.05, 3.63) is 53.2 Å². The van der Waals surface area contributed by atoms with Crippen molar-refractivity contribution >= 4 is 11.7 Å². The summed E-state index contributed by atoms with van der Waals surface area (Å²) >= 11 is 0. The molecule has 20 heavy (non-hydrogen) atoms. The minimum atomic E-state index is -0.583. The predicted molar refractivity (Wildman–Crippen MR) is 73.2 cm³/mol. The van der Waals surface area contributed by atoms with E-state index in [9.17, 15) is 9.18 Å². The second kappa shape index (κ2) is 6.23. The number of furan rings is 1. The van der Waals surface area contributed by atoms with Crippen molar-refractivity contribution in [2.24, 2.45) is 0 Å². The quantitative estimate of drug-likeness (QED) is 0.851. The molecule has 5 heteroatoms. The molecule has 0 aliphatic carbocycles. The van der Waals surface area contributed by atoms with Crippen molar-refractivity contribution in [2.45, 2.75) is 19.9 Å². The van der Waals surface area contributed by atoms with Crippen molar-refractivity contribution in [3.63, 3.8) is 0 Å². The fraction of sp³-hybridized carbons (Fsp3) is 0.267. The van der Waals surface area contributed by atoms with E-state index in [1.54, 1.807) is 0 Å². The summed E-state index contributed by atoms with van der Waals surface area (Å²) in [4.78, 5) is 11.6. The molecule has 1 aromatic heterocycles. The third-order valence-electron chi connectivity index (χ3n) is 2.91. The third kappa shape index (κ3) is 3.17. The average molecular weight is 277 g/mol. The van der Waals surface area contributed by atoms with Gasteiger partial charge in [0.05, 0.1) is 19.2 Å². The van der Waals surface area contributed by atoms with Gasteiger partial charge >= 0.3 is 5.97 Å². The summed E-state index contributed by atoms with van der Waals surface area (Å²) in [5.74, 6) is 0.582. The SMILES string of the molecule is CCc1ccc(CNc2ccc(F)cc2C(=O)OC)o1. The fourth-order valence-electron chi connectivity index (χ4n) is 1.84. The smallest absolute Gasteiger partial charge is 0.340 e. The summed E-state index contributed by atoms with van der Waals surface area (Å²) in [7, 11) is 1.26. The van der Waals surface area contributed by atoms with E-state index in [1.165, 1.54) is 19.2 Å². The summed E-state index contributed by atoms with van der Waals surface area (Å²) in [6.45, 7) is 2.42. The van der Waals surface area contributed by atoms with Gasteiger partial charge in [-0.05, 0) is 30.3 Å². The molecule has 1 heterocycles. The molecule has 2 rings (SSSR count). The lowest BCUT2D eigenvalue weighted by Gasteiger charge is -2.09. The number of nitrogens with one attached hydrogen (secondary N) is 1. The first kappa shape index (κ1) is 14.1. The molecule has 4 nitrogen and oxygen atoms in total. The molecular formula is C15H16FNO3. The molecule has 0 saturated heterocycles. The number of methoxy groups -OCH3 is 1. The zero-order valence-electron chi connectivity index (χ0n) is 11.4. The summed E-state index contributed by atoms with van der Waals surface area (Å²) < 4.78 is 23.4. The van der Waals surface area contributed by atoms with Crippen LogP contribution in [0.15, 0.2) is 34.7 Å². The predicted octanol–water partition coefficient (Wildman–Crippen LogP) is 3.38. The minimum Gasteiger partial charge on any atom is -0.465 e. The lowest BCUT2D eigenvalue weighted by atomic mass is 10.1. The molecule has 2 aromatic rings. The van der Waals surface area contributed by atoms with Crippen LogP contribution < -0.4 is 5.32 Å². The molecule has 0 amide bonds. The third-order valence-corrected chi connectivity index (χ3v) is 2.91. The molecule has 0 aliphatic rings. The highest BCUT2D eigenvalue weighted by Gasteiger charge is 2.13. The summed E-state index contributed by atoms with van der Waals surface area (Å²) in [5, 5.41) is 3.05. The molecule has 0 atom stereocenters. The molecule has 0 bridgehead atoms. The van der Waals surface area contributed by atoms with Gasteiger partial charge in [0, 0.05) is 12.1 Å². The maximum atomic E-state index is 13.2. The highest BCUT2D eigenvalue weighted by Crippen LogP contribution is 2.19. The Morgan fingerprint density at radius 3 is 2.70 bits per heavy atom. The number of carbonyl (C=O) groups excluding carboxylic acids is 1. The van der Waals surface area contributed by atoms with E-state index in [1.807, 2.05) is 19.1 Å².